The molecule has 1 fully saturated rings. The summed E-state index contributed by atoms with van der Waals surface area (Å²) in [6.07, 6.45) is 1.37. The Morgan fingerprint density at radius 2 is 1.78 bits per heavy atom. The third kappa shape index (κ3) is 5.32. The van der Waals surface area contributed by atoms with Crippen molar-refractivity contribution in [3.63, 3.8) is 0 Å². The molecule has 0 atom stereocenters. The van der Waals surface area contributed by atoms with E-state index in [0.29, 0.717) is 33.9 Å². The molecule has 1 saturated heterocycles. The smallest absolute Gasteiger partial charge is 0.335 e. The van der Waals surface area contributed by atoms with Gasteiger partial charge in [0.2, 0.25) is 0 Å². The molecule has 0 saturated carbocycles. The monoisotopic (exact) mass is 501 g/mol. The average molecular weight is 501 g/mol. The summed E-state index contributed by atoms with van der Waals surface area (Å²) in [5.41, 5.74) is 2.76. The Morgan fingerprint density at radius 3 is 2.51 bits per heavy atom. The fraction of sp³-hybridized carbons (Fsp3) is 0.148. The number of hydrogen-bond donors (Lipinski definition) is 1. The number of carbonyl (C=O) groups excluding carboxylic acids is 3. The summed E-state index contributed by atoms with van der Waals surface area (Å²) in [7, 11) is 1.44. The van der Waals surface area contributed by atoms with Gasteiger partial charge in [-0.1, -0.05) is 30.3 Å². The number of nitro benzene ring substituents is 1. The zero-order valence-corrected chi connectivity index (χ0v) is 20.3. The summed E-state index contributed by atoms with van der Waals surface area (Å²) in [5.74, 6) is -0.859. The quantitative estimate of drug-likeness (QED) is 0.219. The molecule has 4 amide bonds. The first-order chi connectivity index (χ1) is 17.7. The average Bonchev–Trinajstić information content (AvgIpc) is 2.87. The van der Waals surface area contributed by atoms with Crippen LogP contribution in [0.25, 0.3) is 6.08 Å². The molecule has 10 heteroatoms. The Hall–Kier alpha value is -4.99. The molecule has 10 nitrogen and oxygen atoms in total. The van der Waals surface area contributed by atoms with E-state index in [2.05, 4.69) is 5.32 Å². The van der Waals surface area contributed by atoms with E-state index in [4.69, 9.17) is 9.47 Å². The first-order valence-corrected chi connectivity index (χ1v) is 11.2. The topological polar surface area (TPSA) is 128 Å². The van der Waals surface area contributed by atoms with Crippen LogP contribution < -0.4 is 19.7 Å². The fourth-order valence-corrected chi connectivity index (χ4v) is 3.82. The van der Waals surface area contributed by atoms with E-state index in [9.17, 15) is 24.5 Å². The molecule has 1 heterocycles. The van der Waals surface area contributed by atoms with Crippen LogP contribution in [0.4, 0.5) is 16.2 Å². The number of carbonyl (C=O) groups is 3. The molecule has 0 aromatic heterocycles. The van der Waals surface area contributed by atoms with E-state index in [1.165, 1.54) is 25.3 Å². The summed E-state index contributed by atoms with van der Waals surface area (Å²) in [5, 5.41) is 13.2. The highest BCUT2D eigenvalue weighted by Gasteiger charge is 2.37. The molecule has 4 rings (SSSR count). The van der Waals surface area contributed by atoms with Gasteiger partial charge >= 0.3 is 6.03 Å². The second-order valence-corrected chi connectivity index (χ2v) is 8.37. The maximum absolute atomic E-state index is 13.2. The van der Waals surface area contributed by atoms with Gasteiger partial charge in [-0.25, -0.2) is 9.69 Å². The van der Waals surface area contributed by atoms with Crippen molar-refractivity contribution in [2.75, 3.05) is 12.0 Å². The second-order valence-electron chi connectivity index (χ2n) is 8.37. The fourth-order valence-electron chi connectivity index (χ4n) is 3.82. The van der Waals surface area contributed by atoms with Gasteiger partial charge < -0.3 is 9.47 Å². The Kier molecular flexibility index (Phi) is 7.01. The van der Waals surface area contributed by atoms with Gasteiger partial charge in [0.25, 0.3) is 17.5 Å². The Balaban J connectivity index is 1.60. The van der Waals surface area contributed by atoms with Gasteiger partial charge in [0.05, 0.1) is 17.7 Å². The van der Waals surface area contributed by atoms with Gasteiger partial charge in [0.1, 0.15) is 12.2 Å². The lowest BCUT2D eigenvalue weighted by molar-refractivity contribution is -0.384. The van der Waals surface area contributed by atoms with Crippen LogP contribution in [0.5, 0.6) is 11.5 Å². The van der Waals surface area contributed by atoms with Gasteiger partial charge in [-0.05, 0) is 60.4 Å². The van der Waals surface area contributed by atoms with Gasteiger partial charge in [-0.3, -0.25) is 25.0 Å². The van der Waals surface area contributed by atoms with Crippen LogP contribution in [-0.2, 0) is 16.2 Å². The number of barbiturate groups is 1. The van der Waals surface area contributed by atoms with Crippen LogP contribution in [-0.4, -0.2) is 29.9 Å². The first kappa shape index (κ1) is 25.1. The SMILES string of the molecule is COc1cc(/C=C2\C(=O)NC(=O)N(c3cc(C)ccc3C)C2=O)ccc1OCc1cccc([N+](=O)[O-])c1. The number of ether oxygens (including phenoxy) is 2. The normalized spacial score (nSPS) is 14.5. The molecule has 1 N–H and O–H groups in total. The maximum Gasteiger partial charge on any atom is 0.335 e. The zero-order chi connectivity index (χ0) is 26.7. The molecule has 3 aromatic rings. The molecule has 0 spiro atoms. The number of nitrogens with zero attached hydrogens (tertiary/aromatic N) is 2. The maximum atomic E-state index is 13.2. The van der Waals surface area contributed by atoms with E-state index in [1.807, 2.05) is 13.0 Å². The molecular weight excluding hydrogens is 478 g/mol. The minimum absolute atomic E-state index is 0.0427. The Labute approximate surface area is 212 Å². The number of benzene rings is 3. The first-order valence-electron chi connectivity index (χ1n) is 11.2. The van der Waals surface area contributed by atoms with Gasteiger partial charge in [0, 0.05) is 12.1 Å². The predicted molar refractivity (Wildman–Crippen MR) is 135 cm³/mol. The van der Waals surface area contributed by atoms with Crippen molar-refractivity contribution in [1.82, 2.24) is 5.32 Å². The van der Waals surface area contributed by atoms with Crippen molar-refractivity contribution in [2.45, 2.75) is 20.5 Å². The molecule has 1 aliphatic heterocycles. The van der Waals surface area contributed by atoms with Gasteiger partial charge in [-0.15, -0.1) is 0 Å². The lowest BCUT2D eigenvalue weighted by atomic mass is 10.0. The minimum Gasteiger partial charge on any atom is -0.493 e. The number of nitro groups is 1. The summed E-state index contributed by atoms with van der Waals surface area (Å²) in [6.45, 7) is 3.67. The standard InChI is InChI=1S/C27H23N3O7/c1-16-7-8-17(2)22(11-16)29-26(32)21(25(31)28-27(29)33)13-18-9-10-23(24(14-18)36-3)37-15-19-5-4-6-20(12-19)30(34)35/h4-14H,15H2,1-3H3,(H,28,31,33)/b21-13+. The second kappa shape index (κ2) is 10.3. The number of urea groups is 1. The number of rotatable bonds is 7. The molecule has 0 radical (unpaired) electrons. The van der Waals surface area contributed by atoms with Crippen LogP contribution in [0, 0.1) is 24.0 Å². The van der Waals surface area contributed by atoms with E-state index in [0.717, 1.165) is 10.5 Å². The Morgan fingerprint density at radius 1 is 1.00 bits per heavy atom. The largest absolute Gasteiger partial charge is 0.493 e. The molecule has 0 bridgehead atoms. The van der Waals surface area contributed by atoms with Crippen LogP contribution in [0.15, 0.2) is 66.2 Å². The number of nitrogens with one attached hydrogen (secondary N) is 1. The predicted octanol–water partition coefficient (Wildman–Crippen LogP) is 4.47. The van der Waals surface area contributed by atoms with Crippen molar-refractivity contribution in [1.29, 1.82) is 0 Å². The van der Waals surface area contributed by atoms with Crippen LogP contribution in [0.2, 0.25) is 0 Å². The summed E-state index contributed by atoms with van der Waals surface area (Å²) in [4.78, 5) is 49.8. The number of hydrogen-bond acceptors (Lipinski definition) is 7. The van der Waals surface area contributed by atoms with Crippen LogP contribution >= 0.6 is 0 Å². The highest BCUT2D eigenvalue weighted by molar-refractivity contribution is 6.39. The van der Waals surface area contributed by atoms with Crippen molar-refractivity contribution < 1.29 is 28.8 Å². The molecule has 1 aliphatic rings. The molecule has 0 aliphatic carbocycles. The van der Waals surface area contributed by atoms with Gasteiger partial charge in [-0.2, -0.15) is 0 Å². The van der Waals surface area contributed by atoms with Crippen molar-refractivity contribution in [3.8, 4) is 11.5 Å². The summed E-state index contributed by atoms with van der Waals surface area (Å²) in [6, 6.07) is 15.4. The number of non-ortho nitro benzene ring substituents is 1. The lowest BCUT2D eigenvalue weighted by Crippen LogP contribution is -2.54. The summed E-state index contributed by atoms with van der Waals surface area (Å²) < 4.78 is 11.2. The summed E-state index contributed by atoms with van der Waals surface area (Å²) >= 11 is 0. The molecular formula is C27H23N3O7. The molecule has 3 aromatic carbocycles. The van der Waals surface area contributed by atoms with Crippen molar-refractivity contribution in [2.24, 2.45) is 0 Å². The van der Waals surface area contributed by atoms with E-state index >= 15 is 0 Å². The van der Waals surface area contributed by atoms with E-state index < -0.39 is 22.8 Å². The number of aryl methyl sites for hydroxylation is 2. The van der Waals surface area contributed by atoms with E-state index in [1.54, 1.807) is 49.4 Å². The zero-order valence-electron chi connectivity index (χ0n) is 20.3. The third-order valence-corrected chi connectivity index (χ3v) is 5.72. The number of methoxy groups -OCH3 is 1. The highest BCUT2D eigenvalue weighted by Crippen LogP contribution is 2.31. The van der Waals surface area contributed by atoms with Gasteiger partial charge in [0.15, 0.2) is 11.5 Å². The lowest BCUT2D eigenvalue weighted by Gasteiger charge is -2.27. The van der Waals surface area contributed by atoms with Crippen molar-refractivity contribution >= 4 is 35.3 Å². The molecule has 188 valence electrons. The van der Waals surface area contributed by atoms with Crippen LogP contribution in [0.3, 0.4) is 0 Å². The number of imide groups is 2. The highest BCUT2D eigenvalue weighted by atomic mass is 16.6. The van der Waals surface area contributed by atoms with Crippen molar-refractivity contribution in [3.05, 3.63) is 98.6 Å². The molecule has 0 unspecified atom stereocenters. The van der Waals surface area contributed by atoms with E-state index in [-0.39, 0.29) is 17.9 Å². The minimum atomic E-state index is -0.816. The number of anilines is 1. The third-order valence-electron chi connectivity index (χ3n) is 5.72. The number of amides is 4. The molecule has 37 heavy (non-hydrogen) atoms. The van der Waals surface area contributed by atoms with Crippen LogP contribution in [0.1, 0.15) is 22.3 Å². The Bertz CT molecular complexity index is 1460.